The second-order valence-electron chi connectivity index (χ2n) is 6.58. The number of thioether (sulfide) groups is 1. The monoisotopic (exact) mass is 418 g/mol. The molecule has 7 heteroatoms. The molecule has 3 aromatic rings. The zero-order valence-electron chi connectivity index (χ0n) is 14.8. The lowest BCUT2D eigenvalue weighted by atomic mass is 10.2. The van der Waals surface area contributed by atoms with Gasteiger partial charge in [0, 0.05) is 21.5 Å². The molecule has 0 radical (unpaired) electrons. The van der Waals surface area contributed by atoms with Crippen LogP contribution in [0.1, 0.15) is 24.2 Å². The summed E-state index contributed by atoms with van der Waals surface area (Å²) in [5.41, 5.74) is 2.12. The lowest BCUT2D eigenvalue weighted by molar-refractivity contribution is 0.319. The van der Waals surface area contributed by atoms with Crippen LogP contribution in [0.2, 0.25) is 10.0 Å². The highest BCUT2D eigenvalue weighted by Gasteiger charge is 2.19. The van der Waals surface area contributed by atoms with Gasteiger partial charge in [0.15, 0.2) is 11.0 Å². The van der Waals surface area contributed by atoms with Gasteiger partial charge in [-0.15, -0.1) is 10.2 Å². The fourth-order valence-electron chi connectivity index (χ4n) is 3.25. The summed E-state index contributed by atoms with van der Waals surface area (Å²) >= 11 is 14.0. The first-order valence-corrected chi connectivity index (χ1v) is 10.7. The predicted molar refractivity (Wildman–Crippen MR) is 112 cm³/mol. The van der Waals surface area contributed by atoms with Crippen LogP contribution >= 0.6 is 35.0 Å². The summed E-state index contributed by atoms with van der Waals surface area (Å²) < 4.78 is 2.16. The Morgan fingerprint density at radius 1 is 0.963 bits per heavy atom. The molecule has 0 N–H and O–H groups in total. The standard InChI is InChI=1S/C20H20Cl2N4S/c21-16-9-8-15(18(22)12-16)14-27-20-24-23-19(13-25-10-4-5-11-25)26(20)17-6-2-1-3-7-17/h1-3,6-9,12H,4-5,10-11,13-14H2. The zero-order chi connectivity index (χ0) is 18.6. The van der Waals surface area contributed by atoms with Crippen molar-refractivity contribution in [1.29, 1.82) is 0 Å². The van der Waals surface area contributed by atoms with Gasteiger partial charge in [-0.25, -0.2) is 0 Å². The first kappa shape index (κ1) is 18.8. The van der Waals surface area contributed by atoms with Crippen molar-refractivity contribution in [3.05, 3.63) is 70.0 Å². The fraction of sp³-hybridized carbons (Fsp3) is 0.300. The Kier molecular flexibility index (Phi) is 6.03. The van der Waals surface area contributed by atoms with E-state index in [4.69, 9.17) is 23.2 Å². The zero-order valence-corrected chi connectivity index (χ0v) is 17.1. The van der Waals surface area contributed by atoms with E-state index in [0.717, 1.165) is 41.9 Å². The minimum Gasteiger partial charge on any atom is -0.296 e. The van der Waals surface area contributed by atoms with Crippen molar-refractivity contribution in [2.45, 2.75) is 30.3 Å². The molecule has 1 fully saturated rings. The van der Waals surface area contributed by atoms with Crippen molar-refractivity contribution in [2.75, 3.05) is 13.1 Å². The van der Waals surface area contributed by atoms with Crippen LogP contribution < -0.4 is 0 Å². The number of likely N-dealkylation sites (tertiary alicyclic amines) is 1. The first-order valence-electron chi connectivity index (χ1n) is 8.99. The third-order valence-electron chi connectivity index (χ3n) is 4.65. The molecule has 0 bridgehead atoms. The Labute approximate surface area is 173 Å². The quantitative estimate of drug-likeness (QED) is 0.497. The van der Waals surface area contributed by atoms with E-state index in [2.05, 4.69) is 31.8 Å². The molecule has 0 aliphatic carbocycles. The topological polar surface area (TPSA) is 34.0 Å². The van der Waals surface area contributed by atoms with Gasteiger partial charge in [-0.2, -0.15) is 0 Å². The fourth-order valence-corrected chi connectivity index (χ4v) is 4.78. The number of aromatic nitrogens is 3. The molecule has 4 rings (SSSR count). The lowest BCUT2D eigenvalue weighted by Gasteiger charge is -2.16. The summed E-state index contributed by atoms with van der Waals surface area (Å²) in [4.78, 5) is 2.44. The SMILES string of the molecule is Clc1ccc(CSc2nnc(CN3CCCC3)n2-c2ccccc2)c(Cl)c1. The van der Waals surface area contributed by atoms with Gasteiger partial charge < -0.3 is 0 Å². The van der Waals surface area contributed by atoms with Crippen LogP contribution in [-0.4, -0.2) is 32.8 Å². The molecule has 0 spiro atoms. The van der Waals surface area contributed by atoms with Crippen LogP contribution in [0.15, 0.2) is 53.7 Å². The van der Waals surface area contributed by atoms with E-state index in [1.54, 1.807) is 17.8 Å². The summed E-state index contributed by atoms with van der Waals surface area (Å²) in [7, 11) is 0. The molecule has 1 aromatic heterocycles. The van der Waals surface area contributed by atoms with Crippen molar-refractivity contribution < 1.29 is 0 Å². The van der Waals surface area contributed by atoms with Gasteiger partial charge in [0.1, 0.15) is 0 Å². The molecule has 1 aliphatic rings. The largest absolute Gasteiger partial charge is 0.296 e. The molecular weight excluding hydrogens is 399 g/mol. The minimum absolute atomic E-state index is 0.647. The van der Waals surface area contributed by atoms with Gasteiger partial charge in [-0.05, 0) is 55.8 Å². The van der Waals surface area contributed by atoms with E-state index >= 15 is 0 Å². The number of rotatable bonds is 6. The molecule has 1 saturated heterocycles. The van der Waals surface area contributed by atoms with E-state index in [-0.39, 0.29) is 0 Å². The summed E-state index contributed by atoms with van der Waals surface area (Å²) in [6.07, 6.45) is 2.52. The molecule has 1 aliphatic heterocycles. The summed E-state index contributed by atoms with van der Waals surface area (Å²) in [5.74, 6) is 1.69. The van der Waals surface area contributed by atoms with Crippen LogP contribution in [-0.2, 0) is 12.3 Å². The number of hydrogen-bond acceptors (Lipinski definition) is 4. The van der Waals surface area contributed by atoms with Crippen molar-refractivity contribution in [2.24, 2.45) is 0 Å². The molecule has 2 heterocycles. The minimum atomic E-state index is 0.647. The normalized spacial score (nSPS) is 14.7. The van der Waals surface area contributed by atoms with Crippen LogP contribution in [0.4, 0.5) is 0 Å². The first-order chi connectivity index (χ1) is 13.2. The molecule has 0 unspecified atom stereocenters. The van der Waals surface area contributed by atoms with Gasteiger partial charge in [0.2, 0.25) is 0 Å². The van der Waals surface area contributed by atoms with Gasteiger partial charge in [0.05, 0.1) is 6.54 Å². The Hall–Kier alpha value is -1.53. The molecule has 0 saturated carbocycles. The van der Waals surface area contributed by atoms with Crippen molar-refractivity contribution in [3.63, 3.8) is 0 Å². The molecule has 0 amide bonds. The number of para-hydroxylation sites is 1. The highest BCUT2D eigenvalue weighted by Crippen LogP contribution is 2.30. The Balaban J connectivity index is 1.60. The van der Waals surface area contributed by atoms with Crippen molar-refractivity contribution >= 4 is 35.0 Å². The number of nitrogens with zero attached hydrogens (tertiary/aromatic N) is 4. The maximum Gasteiger partial charge on any atom is 0.196 e. The number of halogens is 2. The van der Waals surface area contributed by atoms with E-state index < -0.39 is 0 Å². The summed E-state index contributed by atoms with van der Waals surface area (Å²) in [6.45, 7) is 3.08. The van der Waals surface area contributed by atoms with Gasteiger partial charge >= 0.3 is 0 Å². The summed E-state index contributed by atoms with van der Waals surface area (Å²) in [6, 6.07) is 15.9. The molecular formula is C20H20Cl2N4S. The van der Waals surface area contributed by atoms with Crippen LogP contribution in [0.5, 0.6) is 0 Å². The third kappa shape index (κ3) is 4.49. The van der Waals surface area contributed by atoms with Crippen molar-refractivity contribution in [1.82, 2.24) is 19.7 Å². The second kappa shape index (κ2) is 8.65. The van der Waals surface area contributed by atoms with Crippen LogP contribution in [0.25, 0.3) is 5.69 Å². The van der Waals surface area contributed by atoms with E-state index in [9.17, 15) is 0 Å². The van der Waals surface area contributed by atoms with Crippen LogP contribution in [0.3, 0.4) is 0 Å². The number of benzene rings is 2. The maximum absolute atomic E-state index is 6.32. The molecule has 0 atom stereocenters. The average Bonchev–Trinajstić information content (AvgIpc) is 3.32. The Morgan fingerprint density at radius 2 is 1.74 bits per heavy atom. The highest BCUT2D eigenvalue weighted by atomic mass is 35.5. The summed E-state index contributed by atoms with van der Waals surface area (Å²) in [5, 5.41) is 11.2. The molecule has 27 heavy (non-hydrogen) atoms. The average molecular weight is 419 g/mol. The predicted octanol–water partition coefficient (Wildman–Crippen LogP) is 5.46. The third-order valence-corrected chi connectivity index (χ3v) is 6.22. The van der Waals surface area contributed by atoms with E-state index in [1.165, 1.54) is 12.8 Å². The maximum atomic E-state index is 6.32. The van der Waals surface area contributed by atoms with Crippen molar-refractivity contribution in [3.8, 4) is 5.69 Å². The van der Waals surface area contributed by atoms with E-state index in [1.807, 2.05) is 30.3 Å². The molecule has 140 valence electrons. The molecule has 2 aromatic carbocycles. The van der Waals surface area contributed by atoms with Crippen LogP contribution in [0, 0.1) is 0 Å². The van der Waals surface area contributed by atoms with Gasteiger partial charge in [-0.1, -0.05) is 59.2 Å². The second-order valence-corrected chi connectivity index (χ2v) is 8.36. The number of hydrogen-bond donors (Lipinski definition) is 0. The molecule has 4 nitrogen and oxygen atoms in total. The van der Waals surface area contributed by atoms with Gasteiger partial charge in [0.25, 0.3) is 0 Å². The lowest BCUT2D eigenvalue weighted by Crippen LogP contribution is -2.21. The Morgan fingerprint density at radius 3 is 2.48 bits per heavy atom. The van der Waals surface area contributed by atoms with Gasteiger partial charge in [-0.3, -0.25) is 9.47 Å². The highest BCUT2D eigenvalue weighted by molar-refractivity contribution is 7.98. The smallest absolute Gasteiger partial charge is 0.196 e. The van der Waals surface area contributed by atoms with E-state index in [0.29, 0.717) is 15.8 Å². The Bertz CT molecular complexity index is 908.